The maximum Gasteiger partial charge on any atom is 0.419 e. The van der Waals surface area contributed by atoms with Gasteiger partial charge < -0.3 is 24.7 Å². The zero-order valence-electron chi connectivity index (χ0n) is 27.7. The highest BCUT2D eigenvalue weighted by molar-refractivity contribution is 6.01. The smallest absolute Gasteiger partial charge is 0.419 e. The lowest BCUT2D eigenvalue weighted by Gasteiger charge is -2.27. The fourth-order valence-electron chi connectivity index (χ4n) is 5.09. The molecule has 1 aliphatic rings. The molecule has 0 spiro atoms. The molecule has 12 nitrogen and oxygen atoms in total. The molecule has 2 amide bonds. The number of pyridine rings is 1. The van der Waals surface area contributed by atoms with Gasteiger partial charge in [0.15, 0.2) is 5.82 Å². The predicted molar refractivity (Wildman–Crippen MR) is 166 cm³/mol. The Bertz CT molecular complexity index is 1860. The maximum absolute atomic E-state index is 16.6. The molecule has 2 N–H and O–H groups in total. The lowest BCUT2D eigenvalue weighted by Crippen LogP contribution is -2.50. The lowest BCUT2D eigenvalue weighted by atomic mass is 9.90. The number of amides is 2. The molecule has 0 radical (unpaired) electrons. The quantitative estimate of drug-likeness (QED) is 0.225. The van der Waals surface area contributed by atoms with Gasteiger partial charge in [-0.15, -0.1) is 10.2 Å². The van der Waals surface area contributed by atoms with Gasteiger partial charge in [0.1, 0.15) is 23.1 Å². The Hall–Kier alpha value is -4.93. The standard InChI is InChI=1S/C32H35F5N8O4/c1-29(2,3)49-28(47)41-22-12-31(6,34)20-11-21(33)19(25-42-43-27(48-25)30(4,5)38-7)10-23(20)44(26(22)46)15-17-8-9-24(39-13-17)45-16-18(14-40-45)32(35,36)37/h8-11,13-14,16,22,38H,12,15H2,1-7H3,(H,41,47)/t22-,31?/m0/s1. The molecule has 1 aliphatic heterocycles. The summed E-state index contributed by atoms with van der Waals surface area (Å²) < 4.78 is 83.7. The summed E-state index contributed by atoms with van der Waals surface area (Å²) in [5, 5.41) is 17.2. The van der Waals surface area contributed by atoms with Crippen molar-refractivity contribution in [2.45, 2.75) is 83.5 Å². The average molecular weight is 691 g/mol. The Morgan fingerprint density at radius 2 is 1.84 bits per heavy atom. The van der Waals surface area contributed by atoms with Crippen molar-refractivity contribution in [1.82, 2.24) is 35.6 Å². The van der Waals surface area contributed by atoms with Crippen molar-refractivity contribution in [3.05, 3.63) is 71.3 Å². The van der Waals surface area contributed by atoms with E-state index in [4.69, 9.17) is 9.15 Å². The van der Waals surface area contributed by atoms with Gasteiger partial charge in [0.2, 0.25) is 11.8 Å². The number of alkyl halides is 4. The SMILES string of the molecule is CNC(C)(C)c1nnc(-c2cc3c(cc2F)C(C)(F)C[C@H](NC(=O)OC(C)(C)C)C(=O)N3Cc2ccc(-n3cc(C(F)(F)F)cn3)nc2)o1. The number of anilines is 1. The van der Waals surface area contributed by atoms with Crippen LogP contribution in [-0.2, 0) is 33.5 Å². The molecule has 1 unspecified atom stereocenters. The number of carbonyl (C=O) groups excluding carboxylic acids is 2. The Kier molecular flexibility index (Phi) is 9.03. The summed E-state index contributed by atoms with van der Waals surface area (Å²) in [6.07, 6.45) is -3.38. The van der Waals surface area contributed by atoms with Gasteiger partial charge >= 0.3 is 12.3 Å². The summed E-state index contributed by atoms with van der Waals surface area (Å²) in [4.78, 5) is 32.3. The van der Waals surface area contributed by atoms with E-state index >= 15 is 8.78 Å². The molecular formula is C32H35F5N8O4. The first kappa shape index (κ1) is 35.4. The van der Waals surface area contributed by atoms with E-state index in [-0.39, 0.29) is 41.0 Å². The molecule has 0 bridgehead atoms. The van der Waals surface area contributed by atoms with Crippen molar-refractivity contribution < 1.29 is 40.7 Å². The Morgan fingerprint density at radius 1 is 1.12 bits per heavy atom. The van der Waals surface area contributed by atoms with Gasteiger partial charge in [-0.25, -0.2) is 23.2 Å². The summed E-state index contributed by atoms with van der Waals surface area (Å²) >= 11 is 0. The van der Waals surface area contributed by atoms with E-state index < -0.39 is 58.8 Å². The highest BCUT2D eigenvalue weighted by Crippen LogP contribution is 2.44. The number of rotatable bonds is 7. The molecule has 17 heteroatoms. The largest absolute Gasteiger partial charge is 0.444 e. The minimum Gasteiger partial charge on any atom is -0.444 e. The van der Waals surface area contributed by atoms with E-state index in [2.05, 4.69) is 30.9 Å². The second-order valence-corrected chi connectivity index (χ2v) is 13.4. The molecule has 5 rings (SSSR count). The molecule has 0 fully saturated rings. The summed E-state index contributed by atoms with van der Waals surface area (Å²) in [5.41, 5.74) is -5.07. The van der Waals surface area contributed by atoms with Gasteiger partial charge in [-0.05, 0) is 72.4 Å². The van der Waals surface area contributed by atoms with Crippen LogP contribution in [-0.4, -0.2) is 55.7 Å². The summed E-state index contributed by atoms with van der Waals surface area (Å²) in [7, 11) is 1.68. The zero-order valence-corrected chi connectivity index (χ0v) is 27.7. The van der Waals surface area contributed by atoms with E-state index in [1.54, 1.807) is 41.7 Å². The number of aromatic nitrogens is 5. The molecule has 1 aromatic carbocycles. The molecule has 0 saturated heterocycles. The molecule has 0 aliphatic carbocycles. The number of ether oxygens (including phenoxy) is 1. The van der Waals surface area contributed by atoms with Crippen LogP contribution in [0.5, 0.6) is 0 Å². The molecule has 262 valence electrons. The molecule has 0 saturated carbocycles. The van der Waals surface area contributed by atoms with E-state index in [1.165, 1.54) is 31.3 Å². The first-order chi connectivity index (χ1) is 22.7. The monoisotopic (exact) mass is 690 g/mol. The fraction of sp³-hybridized carbons (Fsp3) is 0.438. The minimum absolute atomic E-state index is 0.0431. The average Bonchev–Trinajstić information content (AvgIpc) is 3.69. The van der Waals surface area contributed by atoms with Crippen molar-refractivity contribution in [2.24, 2.45) is 0 Å². The molecule has 3 aromatic heterocycles. The summed E-state index contributed by atoms with van der Waals surface area (Å²) in [5.74, 6) is -1.66. The number of nitrogens with zero attached hydrogens (tertiary/aromatic N) is 6. The van der Waals surface area contributed by atoms with E-state index in [0.717, 1.165) is 21.8 Å². The second kappa shape index (κ2) is 12.5. The predicted octanol–water partition coefficient (Wildman–Crippen LogP) is 5.94. The Labute approximate surface area is 278 Å². The highest BCUT2D eigenvalue weighted by Gasteiger charge is 2.44. The molecule has 2 atom stereocenters. The third-order valence-corrected chi connectivity index (χ3v) is 7.89. The normalized spacial score (nSPS) is 18.7. The van der Waals surface area contributed by atoms with E-state index in [9.17, 15) is 22.8 Å². The Morgan fingerprint density at radius 3 is 2.43 bits per heavy atom. The number of hydrogen-bond acceptors (Lipinski definition) is 9. The van der Waals surface area contributed by atoms with Crippen LogP contribution in [0.25, 0.3) is 17.3 Å². The number of carbonyl (C=O) groups is 2. The molecular weight excluding hydrogens is 655 g/mol. The van der Waals surface area contributed by atoms with Crippen LogP contribution in [0.1, 0.15) is 70.5 Å². The molecule has 4 aromatic rings. The minimum atomic E-state index is -4.60. The van der Waals surface area contributed by atoms with Crippen molar-refractivity contribution in [3.8, 4) is 17.3 Å². The van der Waals surface area contributed by atoms with Crippen molar-refractivity contribution >= 4 is 17.7 Å². The number of benzene rings is 1. The van der Waals surface area contributed by atoms with Crippen molar-refractivity contribution in [2.75, 3.05) is 11.9 Å². The molecule has 4 heterocycles. The third kappa shape index (κ3) is 7.55. The van der Waals surface area contributed by atoms with Crippen LogP contribution >= 0.6 is 0 Å². The van der Waals surface area contributed by atoms with Gasteiger partial charge in [0, 0.05) is 24.4 Å². The van der Waals surface area contributed by atoms with Gasteiger partial charge in [0.05, 0.1) is 35.1 Å². The van der Waals surface area contributed by atoms with Crippen LogP contribution in [0.15, 0.2) is 47.3 Å². The second-order valence-electron chi connectivity index (χ2n) is 13.4. The van der Waals surface area contributed by atoms with Gasteiger partial charge in [-0.1, -0.05) is 6.07 Å². The van der Waals surface area contributed by atoms with Crippen molar-refractivity contribution in [1.29, 1.82) is 0 Å². The van der Waals surface area contributed by atoms with Gasteiger partial charge in [-0.2, -0.15) is 18.3 Å². The number of halogens is 5. The van der Waals surface area contributed by atoms with E-state index in [1.807, 2.05) is 0 Å². The van der Waals surface area contributed by atoms with Crippen LogP contribution < -0.4 is 15.5 Å². The number of fused-ring (bicyclic) bond motifs is 1. The lowest BCUT2D eigenvalue weighted by molar-refractivity contribution is -0.137. The number of hydrogen-bond donors (Lipinski definition) is 2. The molecule has 49 heavy (non-hydrogen) atoms. The van der Waals surface area contributed by atoms with Crippen LogP contribution in [0.4, 0.5) is 32.4 Å². The maximum atomic E-state index is 16.6. The first-order valence-electron chi connectivity index (χ1n) is 15.1. The zero-order chi connectivity index (χ0) is 36.1. The third-order valence-electron chi connectivity index (χ3n) is 7.89. The highest BCUT2D eigenvalue weighted by atomic mass is 19.4. The van der Waals surface area contributed by atoms with E-state index in [0.29, 0.717) is 11.8 Å². The fourth-order valence-corrected chi connectivity index (χ4v) is 5.09. The van der Waals surface area contributed by atoms with Gasteiger partial charge in [-0.3, -0.25) is 4.79 Å². The van der Waals surface area contributed by atoms with Gasteiger partial charge in [0.25, 0.3) is 5.89 Å². The van der Waals surface area contributed by atoms with Crippen molar-refractivity contribution in [3.63, 3.8) is 0 Å². The van der Waals surface area contributed by atoms with Crippen LogP contribution in [0, 0.1) is 5.82 Å². The van der Waals surface area contributed by atoms with Crippen LogP contribution in [0.3, 0.4) is 0 Å². The summed E-state index contributed by atoms with van der Waals surface area (Å²) in [6.45, 7) is 9.31. The number of nitrogens with one attached hydrogen (secondary N) is 2. The topological polar surface area (TPSA) is 140 Å². The van der Waals surface area contributed by atoms with Crippen LogP contribution in [0.2, 0.25) is 0 Å². The number of alkyl carbamates (subject to hydrolysis) is 1. The summed E-state index contributed by atoms with van der Waals surface area (Å²) in [6, 6.07) is 3.61. The Balaban J connectivity index is 1.57. The first-order valence-corrected chi connectivity index (χ1v) is 15.1.